The predicted molar refractivity (Wildman–Crippen MR) is 81.3 cm³/mol. The van der Waals surface area contributed by atoms with Gasteiger partial charge in [0.1, 0.15) is 5.82 Å². The molecule has 1 aromatic carbocycles. The van der Waals surface area contributed by atoms with Gasteiger partial charge in [-0.3, -0.25) is 4.79 Å². The van der Waals surface area contributed by atoms with E-state index in [4.69, 9.17) is 11.5 Å². The number of nitrogens with zero attached hydrogens (tertiary/aromatic N) is 2. The zero-order chi connectivity index (χ0) is 14.7. The number of amides is 1. The molecule has 20 heavy (non-hydrogen) atoms. The largest absolute Gasteiger partial charge is 0.399 e. The number of hydrogen-bond acceptors (Lipinski definition) is 3. The number of carbonyl (C=O) groups is 1. The summed E-state index contributed by atoms with van der Waals surface area (Å²) >= 11 is 0. The fourth-order valence-corrected chi connectivity index (χ4v) is 2.41. The molecule has 0 fully saturated rings. The molecule has 0 saturated heterocycles. The molecular formula is C15H22N4O. The van der Waals surface area contributed by atoms with Gasteiger partial charge in [-0.2, -0.15) is 0 Å². The van der Waals surface area contributed by atoms with Crippen molar-refractivity contribution in [2.45, 2.75) is 45.6 Å². The summed E-state index contributed by atoms with van der Waals surface area (Å²) in [7, 11) is 0. The average molecular weight is 274 g/mol. The highest BCUT2D eigenvalue weighted by atomic mass is 16.1. The maximum absolute atomic E-state index is 10.8. The number of primary amides is 1. The quantitative estimate of drug-likeness (QED) is 0.626. The third-order valence-electron chi connectivity index (χ3n) is 3.37. The van der Waals surface area contributed by atoms with Crippen molar-refractivity contribution in [3.05, 3.63) is 24.0 Å². The fraction of sp³-hybridized carbons (Fsp3) is 0.467. The highest BCUT2D eigenvalue weighted by molar-refractivity contribution is 5.79. The SMILES string of the molecule is CC(C)c1nc2cc(N)ccc2n1CCCCC(N)=O. The molecule has 0 unspecified atom stereocenters. The van der Waals surface area contributed by atoms with Gasteiger partial charge in [0.2, 0.25) is 5.91 Å². The molecule has 0 atom stereocenters. The summed E-state index contributed by atoms with van der Waals surface area (Å²) in [6.07, 6.45) is 2.16. The molecule has 0 aliphatic rings. The molecule has 108 valence electrons. The van der Waals surface area contributed by atoms with E-state index in [0.717, 1.165) is 41.9 Å². The van der Waals surface area contributed by atoms with E-state index in [1.807, 2.05) is 18.2 Å². The lowest BCUT2D eigenvalue weighted by molar-refractivity contribution is -0.118. The van der Waals surface area contributed by atoms with Crippen LogP contribution in [0, 0.1) is 0 Å². The maximum atomic E-state index is 10.8. The van der Waals surface area contributed by atoms with Crippen LogP contribution in [0.5, 0.6) is 0 Å². The number of imidazole rings is 1. The minimum absolute atomic E-state index is 0.239. The van der Waals surface area contributed by atoms with E-state index in [0.29, 0.717) is 12.3 Å². The number of hydrogen-bond donors (Lipinski definition) is 2. The highest BCUT2D eigenvalue weighted by Gasteiger charge is 2.13. The predicted octanol–water partition coefficient (Wildman–Crippen LogP) is 2.40. The normalized spacial score (nSPS) is 11.3. The Morgan fingerprint density at radius 1 is 1.35 bits per heavy atom. The zero-order valence-electron chi connectivity index (χ0n) is 12.1. The number of fused-ring (bicyclic) bond motifs is 1. The van der Waals surface area contributed by atoms with Crippen molar-refractivity contribution in [1.29, 1.82) is 0 Å². The molecule has 0 bridgehead atoms. The number of nitrogens with two attached hydrogens (primary N) is 2. The second-order valence-electron chi connectivity index (χ2n) is 5.45. The second-order valence-corrected chi connectivity index (χ2v) is 5.45. The van der Waals surface area contributed by atoms with Crippen LogP contribution in [0.2, 0.25) is 0 Å². The minimum atomic E-state index is -0.239. The molecule has 1 heterocycles. The number of unbranched alkanes of at least 4 members (excludes halogenated alkanes) is 1. The van der Waals surface area contributed by atoms with Crippen LogP contribution in [0.3, 0.4) is 0 Å². The zero-order valence-corrected chi connectivity index (χ0v) is 12.1. The van der Waals surface area contributed by atoms with E-state index in [1.54, 1.807) is 0 Å². The summed E-state index contributed by atoms with van der Waals surface area (Å²) < 4.78 is 2.22. The van der Waals surface area contributed by atoms with Crippen LogP contribution in [0.4, 0.5) is 5.69 Å². The Hall–Kier alpha value is -2.04. The molecular weight excluding hydrogens is 252 g/mol. The maximum Gasteiger partial charge on any atom is 0.217 e. The highest BCUT2D eigenvalue weighted by Crippen LogP contribution is 2.24. The van der Waals surface area contributed by atoms with Gasteiger partial charge in [0.25, 0.3) is 0 Å². The third-order valence-corrected chi connectivity index (χ3v) is 3.37. The van der Waals surface area contributed by atoms with Gasteiger partial charge in [-0.25, -0.2) is 4.98 Å². The Morgan fingerprint density at radius 2 is 2.10 bits per heavy atom. The topological polar surface area (TPSA) is 86.9 Å². The lowest BCUT2D eigenvalue weighted by atomic mass is 10.2. The summed E-state index contributed by atoms with van der Waals surface area (Å²) in [6, 6.07) is 5.81. The molecule has 0 spiro atoms. The van der Waals surface area contributed by atoms with Crippen molar-refractivity contribution in [2.75, 3.05) is 5.73 Å². The van der Waals surface area contributed by atoms with Crippen molar-refractivity contribution in [1.82, 2.24) is 9.55 Å². The summed E-state index contributed by atoms with van der Waals surface area (Å²) in [6.45, 7) is 5.11. The lowest BCUT2D eigenvalue weighted by Crippen LogP contribution is -2.11. The molecule has 5 nitrogen and oxygen atoms in total. The molecule has 2 aromatic rings. The summed E-state index contributed by atoms with van der Waals surface area (Å²) in [5.41, 5.74) is 13.7. The van der Waals surface area contributed by atoms with Crippen molar-refractivity contribution in [3.63, 3.8) is 0 Å². The Morgan fingerprint density at radius 3 is 2.75 bits per heavy atom. The third kappa shape index (κ3) is 3.10. The molecule has 2 rings (SSSR count). The number of aromatic nitrogens is 2. The van der Waals surface area contributed by atoms with Crippen molar-refractivity contribution in [2.24, 2.45) is 5.73 Å². The monoisotopic (exact) mass is 274 g/mol. The van der Waals surface area contributed by atoms with Gasteiger partial charge >= 0.3 is 0 Å². The van der Waals surface area contributed by atoms with Crippen LogP contribution in [-0.2, 0) is 11.3 Å². The Labute approximate surface area is 119 Å². The minimum Gasteiger partial charge on any atom is -0.399 e. The van der Waals surface area contributed by atoms with Crippen LogP contribution < -0.4 is 11.5 Å². The van der Waals surface area contributed by atoms with Crippen LogP contribution in [0.1, 0.15) is 44.9 Å². The number of rotatable bonds is 6. The van der Waals surface area contributed by atoms with Gasteiger partial charge in [-0.1, -0.05) is 13.8 Å². The molecule has 1 aromatic heterocycles. The molecule has 0 aliphatic carbocycles. The first-order valence-corrected chi connectivity index (χ1v) is 7.03. The van der Waals surface area contributed by atoms with Crippen LogP contribution in [-0.4, -0.2) is 15.5 Å². The number of carbonyl (C=O) groups excluding carboxylic acids is 1. The Balaban J connectivity index is 2.24. The second kappa shape index (κ2) is 5.94. The Kier molecular flexibility index (Phi) is 4.27. The molecule has 0 saturated carbocycles. The van der Waals surface area contributed by atoms with E-state index in [2.05, 4.69) is 23.4 Å². The first kappa shape index (κ1) is 14.4. The summed E-state index contributed by atoms with van der Waals surface area (Å²) in [4.78, 5) is 15.5. The smallest absolute Gasteiger partial charge is 0.217 e. The number of benzene rings is 1. The summed E-state index contributed by atoms with van der Waals surface area (Å²) in [5.74, 6) is 1.17. The number of aryl methyl sites for hydroxylation is 1. The molecule has 4 N–H and O–H groups in total. The van der Waals surface area contributed by atoms with E-state index < -0.39 is 0 Å². The fourth-order valence-electron chi connectivity index (χ4n) is 2.41. The van der Waals surface area contributed by atoms with E-state index >= 15 is 0 Å². The van der Waals surface area contributed by atoms with Gasteiger partial charge in [0.05, 0.1) is 11.0 Å². The van der Waals surface area contributed by atoms with E-state index in [1.165, 1.54) is 0 Å². The van der Waals surface area contributed by atoms with Gasteiger partial charge in [0, 0.05) is 24.6 Å². The standard InChI is InChI=1S/C15H22N4O/c1-10(2)15-18-12-9-11(16)6-7-13(12)19(15)8-4-3-5-14(17)20/h6-7,9-10H,3-5,8,16H2,1-2H3,(H2,17,20). The van der Waals surface area contributed by atoms with Gasteiger partial charge in [0.15, 0.2) is 0 Å². The average Bonchev–Trinajstić information content (AvgIpc) is 2.72. The van der Waals surface area contributed by atoms with E-state index in [-0.39, 0.29) is 5.91 Å². The van der Waals surface area contributed by atoms with E-state index in [9.17, 15) is 4.79 Å². The molecule has 0 aliphatic heterocycles. The number of nitrogen functional groups attached to an aromatic ring is 1. The summed E-state index contributed by atoms with van der Waals surface area (Å²) in [5, 5.41) is 0. The van der Waals surface area contributed by atoms with Crippen molar-refractivity contribution < 1.29 is 4.79 Å². The van der Waals surface area contributed by atoms with Gasteiger partial charge < -0.3 is 16.0 Å². The van der Waals surface area contributed by atoms with Crippen LogP contribution in [0.15, 0.2) is 18.2 Å². The molecule has 1 amide bonds. The van der Waals surface area contributed by atoms with Crippen molar-refractivity contribution in [3.8, 4) is 0 Å². The lowest BCUT2D eigenvalue weighted by Gasteiger charge is -2.11. The first-order valence-electron chi connectivity index (χ1n) is 7.03. The first-order chi connectivity index (χ1) is 9.49. The van der Waals surface area contributed by atoms with Gasteiger partial charge in [-0.05, 0) is 31.0 Å². The van der Waals surface area contributed by atoms with Crippen molar-refractivity contribution >= 4 is 22.6 Å². The molecule has 5 heteroatoms. The molecule has 0 radical (unpaired) electrons. The van der Waals surface area contributed by atoms with Crippen LogP contribution >= 0.6 is 0 Å². The Bertz CT molecular complexity index is 616. The van der Waals surface area contributed by atoms with Gasteiger partial charge in [-0.15, -0.1) is 0 Å². The van der Waals surface area contributed by atoms with Crippen LogP contribution in [0.25, 0.3) is 11.0 Å². The number of anilines is 1.